The molecule has 4 rings (SSSR count). The molecule has 3 aliphatic heterocycles. The van der Waals surface area contributed by atoms with Crippen molar-refractivity contribution in [3.63, 3.8) is 0 Å². The molecule has 0 aromatic rings. The van der Waals surface area contributed by atoms with Gasteiger partial charge in [-0.2, -0.15) is 0 Å². The number of cyclic esters (lactones) is 1. The molecule has 0 aromatic carbocycles. The summed E-state index contributed by atoms with van der Waals surface area (Å²) in [4.78, 5) is 72.2. The highest BCUT2D eigenvalue weighted by molar-refractivity contribution is 7.57. The number of carbonyl (C=O) groups excluding carboxylic acids is 5. The van der Waals surface area contributed by atoms with E-state index >= 15 is 0 Å². The van der Waals surface area contributed by atoms with Crippen LogP contribution in [0, 0.1) is 35.5 Å². The van der Waals surface area contributed by atoms with Crippen LogP contribution in [0.15, 0.2) is 47.6 Å². The quantitative estimate of drug-likeness (QED) is 0.104. The number of hydrogen-bond donors (Lipinski definition) is 2. The predicted molar refractivity (Wildman–Crippen MR) is 263 cm³/mol. The van der Waals surface area contributed by atoms with Gasteiger partial charge in [0.05, 0.1) is 24.4 Å². The first-order valence-corrected chi connectivity index (χ1v) is 27.7. The van der Waals surface area contributed by atoms with Crippen LogP contribution in [0.4, 0.5) is 0 Å². The number of rotatable bonds is 8. The van der Waals surface area contributed by atoms with Gasteiger partial charge in [-0.15, -0.1) is 0 Å². The number of piperidine rings is 1. The minimum Gasteiger partial charge on any atom is -0.460 e. The van der Waals surface area contributed by atoms with Gasteiger partial charge in [-0.05, 0) is 107 Å². The van der Waals surface area contributed by atoms with Gasteiger partial charge in [0.25, 0.3) is 11.7 Å². The van der Waals surface area contributed by atoms with Crippen molar-refractivity contribution in [3.8, 4) is 0 Å². The molecular formula is C53H84NO14P. The highest BCUT2D eigenvalue weighted by atomic mass is 31.2. The number of carbonyl (C=O) groups is 5. The van der Waals surface area contributed by atoms with E-state index < -0.39 is 85.1 Å². The van der Waals surface area contributed by atoms with Crippen molar-refractivity contribution in [1.82, 2.24) is 4.90 Å². The molecule has 15 atom stereocenters. The Labute approximate surface area is 411 Å². The largest absolute Gasteiger partial charge is 0.460 e. The van der Waals surface area contributed by atoms with Gasteiger partial charge < -0.3 is 43.3 Å². The number of aliphatic hydroxyl groups excluding tert-OH is 1. The Morgan fingerprint density at radius 2 is 1.57 bits per heavy atom. The van der Waals surface area contributed by atoms with Crippen molar-refractivity contribution in [1.29, 1.82) is 0 Å². The minimum absolute atomic E-state index is 0.0117. The van der Waals surface area contributed by atoms with Crippen LogP contribution in [0.5, 0.6) is 0 Å². The lowest BCUT2D eigenvalue weighted by atomic mass is 9.78. The Morgan fingerprint density at radius 3 is 2.22 bits per heavy atom. The number of hydrogen-bond acceptors (Lipinski definition) is 14. The molecule has 2 N–H and O–H groups in total. The fourth-order valence-corrected chi connectivity index (χ4v) is 11.4. The number of ether oxygens (including phenoxy) is 5. The second kappa shape index (κ2) is 26.5. The van der Waals surface area contributed by atoms with Gasteiger partial charge in [0.2, 0.25) is 5.79 Å². The van der Waals surface area contributed by atoms with E-state index in [9.17, 15) is 38.8 Å². The molecule has 1 amide bonds. The molecule has 0 radical (unpaired) electrons. The van der Waals surface area contributed by atoms with Crippen LogP contribution in [-0.4, -0.2) is 140 Å². The molecule has 390 valence electrons. The van der Waals surface area contributed by atoms with Gasteiger partial charge in [0, 0.05) is 71.8 Å². The average molecular weight is 990 g/mol. The van der Waals surface area contributed by atoms with Crippen LogP contribution in [0.25, 0.3) is 0 Å². The third-order valence-corrected chi connectivity index (χ3v) is 15.6. The zero-order valence-corrected chi connectivity index (χ0v) is 44.3. The predicted octanol–water partition coefficient (Wildman–Crippen LogP) is 7.74. The number of esters is 1. The molecule has 0 aromatic heterocycles. The molecule has 15 nitrogen and oxygen atoms in total. The van der Waals surface area contributed by atoms with Crippen molar-refractivity contribution in [2.75, 3.05) is 41.2 Å². The van der Waals surface area contributed by atoms with Gasteiger partial charge in [-0.3, -0.25) is 23.7 Å². The SMILES string of the molecule is CO[C@H]1C[C@@H]2CC[C@@H](C)[C@@](O)(O2)C(=O)C(=O)N2CCCC[C@H]2C(=O)O[C@H]([C@H](C)CC2CC[C@@H](OP(C)(C)=O)[C@H](OC)C2)CC(=O)[C@H](C)/C=C(\C)[C@@H](O)[C@@H](OC)C(=O)[C@H](C)C[C@H](C)\C=C/C=C/C=C/1C. The summed E-state index contributed by atoms with van der Waals surface area (Å²) in [7, 11) is 1.76. The molecule has 3 fully saturated rings. The molecule has 16 heteroatoms. The summed E-state index contributed by atoms with van der Waals surface area (Å²) in [6.45, 7) is 15.9. The topological polar surface area (TPSA) is 201 Å². The summed E-state index contributed by atoms with van der Waals surface area (Å²) < 4.78 is 48.2. The molecule has 4 aliphatic rings. The lowest BCUT2D eigenvalue weighted by Gasteiger charge is -2.42. The molecule has 2 saturated heterocycles. The average Bonchev–Trinajstić information content (AvgIpc) is 3.30. The van der Waals surface area contributed by atoms with Crippen LogP contribution >= 0.6 is 7.37 Å². The summed E-state index contributed by atoms with van der Waals surface area (Å²) in [5, 5.41) is 23.5. The Morgan fingerprint density at radius 1 is 0.855 bits per heavy atom. The highest BCUT2D eigenvalue weighted by Crippen LogP contribution is 2.45. The zero-order chi connectivity index (χ0) is 51.4. The van der Waals surface area contributed by atoms with E-state index in [0.29, 0.717) is 63.4 Å². The van der Waals surface area contributed by atoms with Crippen LogP contribution in [0.2, 0.25) is 0 Å². The van der Waals surface area contributed by atoms with Gasteiger partial charge in [-0.1, -0.05) is 71.1 Å². The maximum atomic E-state index is 14.5. The monoisotopic (exact) mass is 990 g/mol. The second-order valence-electron chi connectivity index (χ2n) is 20.9. The smallest absolute Gasteiger partial charge is 0.329 e. The Kier molecular flexibility index (Phi) is 22.5. The molecule has 1 unspecified atom stereocenters. The summed E-state index contributed by atoms with van der Waals surface area (Å²) >= 11 is 0. The van der Waals surface area contributed by atoms with E-state index in [1.807, 2.05) is 58.1 Å². The first-order chi connectivity index (χ1) is 32.4. The second-order valence-corrected chi connectivity index (χ2v) is 23.6. The summed E-state index contributed by atoms with van der Waals surface area (Å²) in [5.74, 6) is -8.11. The van der Waals surface area contributed by atoms with E-state index in [0.717, 1.165) is 12.0 Å². The molecule has 2 bridgehead atoms. The van der Waals surface area contributed by atoms with Crippen LogP contribution in [0.1, 0.15) is 126 Å². The number of amides is 1. The molecular weight excluding hydrogens is 906 g/mol. The Hall–Kier alpha value is -3.14. The lowest BCUT2D eigenvalue weighted by Crippen LogP contribution is -2.61. The van der Waals surface area contributed by atoms with E-state index in [-0.39, 0.29) is 60.9 Å². The number of ketones is 3. The minimum atomic E-state index is -2.79. The van der Waals surface area contributed by atoms with Crippen molar-refractivity contribution in [3.05, 3.63) is 47.6 Å². The highest BCUT2D eigenvalue weighted by Gasteiger charge is 2.53. The first kappa shape index (κ1) is 58.4. The molecule has 0 spiro atoms. The lowest BCUT2D eigenvalue weighted by molar-refractivity contribution is -0.265. The zero-order valence-electron chi connectivity index (χ0n) is 43.4. The van der Waals surface area contributed by atoms with Gasteiger partial charge in [0.15, 0.2) is 13.2 Å². The van der Waals surface area contributed by atoms with Crippen molar-refractivity contribution in [2.24, 2.45) is 35.5 Å². The fraction of sp³-hybridized carbons (Fsp3) is 0.755. The number of nitrogens with zero attached hydrogens (tertiary/aromatic N) is 1. The van der Waals surface area contributed by atoms with E-state index in [1.165, 1.54) is 12.0 Å². The summed E-state index contributed by atoms with van der Waals surface area (Å²) in [5.41, 5.74) is 1.25. The standard InChI is InChI=1S/C53H84NO14P/c1-32-18-14-13-15-19-33(2)44(63-8)30-40-23-21-38(7)53(61,67-40)50(58)51(59)54-25-17-16-20-41(54)52(60)66-45(35(4)28-39-22-24-43(46(29-39)64-9)68-69(11,12)62)31-42(55)34(3)27-37(6)48(57)49(65-10)47(56)36(5)26-32/h13-15,18-19,27,32,34-36,38-41,43-46,48-49,57,61H,16-17,20-26,28-31H2,1-12H3/b15-13+,18-14-,33-19+,37-27+/t32-,34-,35-,36-,38-,39?,40+,41+,43-,44+,45+,46-,48-,49+,53-/m1/s1. The number of aliphatic hydroxyl groups is 2. The van der Waals surface area contributed by atoms with Crippen molar-refractivity contribution in [2.45, 2.75) is 180 Å². The maximum Gasteiger partial charge on any atom is 0.329 e. The van der Waals surface area contributed by atoms with Gasteiger partial charge in [-0.25, -0.2) is 4.79 Å². The fourth-order valence-electron chi connectivity index (χ4n) is 10.5. The van der Waals surface area contributed by atoms with Crippen molar-refractivity contribution >= 4 is 36.6 Å². The summed E-state index contributed by atoms with van der Waals surface area (Å²) in [6, 6.07) is -1.16. The maximum absolute atomic E-state index is 14.5. The van der Waals surface area contributed by atoms with E-state index in [1.54, 1.807) is 54.4 Å². The number of methoxy groups -OCH3 is 3. The van der Waals surface area contributed by atoms with E-state index in [4.69, 9.17) is 28.2 Å². The van der Waals surface area contributed by atoms with Crippen LogP contribution in [0.3, 0.4) is 0 Å². The van der Waals surface area contributed by atoms with Crippen LogP contribution < -0.4 is 0 Å². The normalized spacial score (nSPS) is 39.0. The molecule has 69 heavy (non-hydrogen) atoms. The van der Waals surface area contributed by atoms with E-state index in [2.05, 4.69) is 0 Å². The number of Topliss-reactive ketones (excluding diaryl/α,β-unsaturated/α-hetero) is 3. The molecule has 1 saturated carbocycles. The van der Waals surface area contributed by atoms with Gasteiger partial charge >= 0.3 is 5.97 Å². The number of allylic oxidation sites excluding steroid dienone is 6. The molecule has 1 aliphatic carbocycles. The van der Waals surface area contributed by atoms with Gasteiger partial charge in [0.1, 0.15) is 30.1 Å². The van der Waals surface area contributed by atoms with Crippen molar-refractivity contribution < 1.29 is 67.0 Å². The Balaban J connectivity index is 1.70. The Bertz CT molecular complexity index is 1940. The number of fused-ring (bicyclic) bond motifs is 3. The molecule has 3 heterocycles. The summed E-state index contributed by atoms with van der Waals surface area (Å²) in [6.07, 6.45) is 11.4. The van der Waals surface area contributed by atoms with Crippen LogP contribution in [-0.2, 0) is 56.7 Å². The third kappa shape index (κ3) is 16.2. The first-order valence-electron chi connectivity index (χ1n) is 25.2. The third-order valence-electron chi connectivity index (χ3n) is 14.8.